The molecule has 132 valence electrons. The minimum absolute atomic E-state index is 0.162. The normalized spacial score (nSPS) is 10.3. The minimum atomic E-state index is -0.487. The number of nitrogens with two attached hydrogens (primary N) is 1. The molecule has 0 unspecified atom stereocenters. The van der Waals surface area contributed by atoms with E-state index in [-0.39, 0.29) is 19.0 Å². The SMILES string of the molecule is Cc1cc(OCCCC(=O)OCc2ccc(C(N)=O)cc2)ccc1Cl. The Hall–Kier alpha value is -2.53. The third-order valence-corrected chi connectivity index (χ3v) is 3.99. The van der Waals surface area contributed by atoms with Crippen LogP contribution in [0.1, 0.15) is 34.3 Å². The van der Waals surface area contributed by atoms with Crippen LogP contribution in [-0.4, -0.2) is 18.5 Å². The van der Waals surface area contributed by atoms with Crippen molar-refractivity contribution < 1.29 is 19.1 Å². The van der Waals surface area contributed by atoms with Crippen molar-refractivity contribution in [2.75, 3.05) is 6.61 Å². The topological polar surface area (TPSA) is 78.6 Å². The maximum atomic E-state index is 11.7. The molecule has 0 saturated heterocycles. The number of halogens is 1. The monoisotopic (exact) mass is 361 g/mol. The van der Waals surface area contributed by atoms with Gasteiger partial charge in [-0.1, -0.05) is 23.7 Å². The average Bonchev–Trinajstić information content (AvgIpc) is 2.60. The Morgan fingerprint density at radius 1 is 1.12 bits per heavy atom. The molecule has 0 spiro atoms. The molecule has 0 fully saturated rings. The molecular weight excluding hydrogens is 342 g/mol. The van der Waals surface area contributed by atoms with Gasteiger partial charge in [0.15, 0.2) is 0 Å². The number of aryl methyl sites for hydroxylation is 1. The summed E-state index contributed by atoms with van der Waals surface area (Å²) in [5.41, 5.74) is 7.33. The van der Waals surface area contributed by atoms with E-state index in [2.05, 4.69) is 0 Å². The number of rotatable bonds is 8. The molecule has 0 aromatic heterocycles. The quantitative estimate of drug-likeness (QED) is 0.575. The Labute approximate surface area is 151 Å². The molecule has 5 nitrogen and oxygen atoms in total. The number of esters is 1. The van der Waals surface area contributed by atoms with E-state index < -0.39 is 5.91 Å². The lowest BCUT2D eigenvalue weighted by Crippen LogP contribution is -2.11. The van der Waals surface area contributed by atoms with E-state index in [1.807, 2.05) is 13.0 Å². The van der Waals surface area contributed by atoms with Gasteiger partial charge in [-0.25, -0.2) is 0 Å². The van der Waals surface area contributed by atoms with Crippen molar-refractivity contribution >= 4 is 23.5 Å². The largest absolute Gasteiger partial charge is 0.494 e. The number of carbonyl (C=O) groups excluding carboxylic acids is 2. The van der Waals surface area contributed by atoms with Gasteiger partial charge in [-0.05, 0) is 54.8 Å². The van der Waals surface area contributed by atoms with Crippen LogP contribution in [0.4, 0.5) is 0 Å². The van der Waals surface area contributed by atoms with Gasteiger partial charge in [-0.15, -0.1) is 0 Å². The summed E-state index contributed by atoms with van der Waals surface area (Å²) in [4.78, 5) is 22.7. The van der Waals surface area contributed by atoms with E-state index in [9.17, 15) is 9.59 Å². The molecule has 1 amide bonds. The number of ether oxygens (including phenoxy) is 2. The summed E-state index contributed by atoms with van der Waals surface area (Å²) in [5, 5.41) is 0.694. The lowest BCUT2D eigenvalue weighted by molar-refractivity contribution is -0.145. The van der Waals surface area contributed by atoms with Gasteiger partial charge in [-0.3, -0.25) is 9.59 Å². The summed E-state index contributed by atoms with van der Waals surface area (Å²) in [7, 11) is 0. The van der Waals surface area contributed by atoms with Crippen LogP contribution in [0.3, 0.4) is 0 Å². The highest BCUT2D eigenvalue weighted by molar-refractivity contribution is 6.31. The highest BCUT2D eigenvalue weighted by Gasteiger charge is 2.05. The first-order chi connectivity index (χ1) is 12.0. The molecule has 2 aromatic rings. The third kappa shape index (κ3) is 6.12. The molecule has 0 saturated carbocycles. The van der Waals surface area contributed by atoms with E-state index in [1.165, 1.54) is 0 Å². The van der Waals surface area contributed by atoms with Crippen LogP contribution in [-0.2, 0) is 16.1 Å². The predicted molar refractivity (Wildman–Crippen MR) is 95.7 cm³/mol. The molecule has 0 radical (unpaired) electrons. The fourth-order valence-corrected chi connectivity index (χ4v) is 2.23. The van der Waals surface area contributed by atoms with Crippen LogP contribution < -0.4 is 10.5 Å². The Balaban J connectivity index is 1.66. The molecule has 0 aliphatic rings. The lowest BCUT2D eigenvalue weighted by atomic mass is 10.1. The molecule has 2 N–H and O–H groups in total. The second-order valence-corrected chi connectivity index (χ2v) is 5.99. The fourth-order valence-electron chi connectivity index (χ4n) is 2.11. The molecule has 0 atom stereocenters. The second-order valence-electron chi connectivity index (χ2n) is 5.58. The van der Waals surface area contributed by atoms with Crippen molar-refractivity contribution in [3.05, 3.63) is 64.2 Å². The molecule has 2 aromatic carbocycles. The van der Waals surface area contributed by atoms with Crippen molar-refractivity contribution in [3.63, 3.8) is 0 Å². The van der Waals surface area contributed by atoms with E-state index in [4.69, 9.17) is 26.8 Å². The number of amides is 1. The molecule has 6 heteroatoms. The molecule has 0 heterocycles. The fraction of sp³-hybridized carbons (Fsp3) is 0.263. The summed E-state index contributed by atoms with van der Waals surface area (Å²) in [6.07, 6.45) is 0.826. The molecule has 2 rings (SSSR count). The first kappa shape index (κ1) is 18.8. The van der Waals surface area contributed by atoms with Crippen molar-refractivity contribution in [1.82, 2.24) is 0 Å². The van der Waals surface area contributed by atoms with Crippen molar-refractivity contribution in [1.29, 1.82) is 0 Å². The second kappa shape index (κ2) is 9.08. The van der Waals surface area contributed by atoms with E-state index in [0.717, 1.165) is 16.9 Å². The van der Waals surface area contributed by atoms with Gasteiger partial charge in [0.1, 0.15) is 12.4 Å². The highest BCUT2D eigenvalue weighted by atomic mass is 35.5. The van der Waals surface area contributed by atoms with E-state index >= 15 is 0 Å². The Morgan fingerprint density at radius 2 is 1.84 bits per heavy atom. The van der Waals surface area contributed by atoms with Crippen LogP contribution in [0.5, 0.6) is 5.75 Å². The molecular formula is C19H20ClNO4. The van der Waals surface area contributed by atoms with Gasteiger partial charge in [0, 0.05) is 17.0 Å². The summed E-state index contributed by atoms with van der Waals surface area (Å²) in [6, 6.07) is 12.1. The standard InChI is InChI=1S/C19H20ClNO4/c1-13-11-16(8-9-17(13)20)24-10-2-3-18(22)25-12-14-4-6-15(7-5-14)19(21)23/h4-9,11H,2-3,10,12H2,1H3,(H2,21,23). The van der Waals surface area contributed by atoms with Crippen LogP contribution >= 0.6 is 11.6 Å². The van der Waals surface area contributed by atoms with Gasteiger partial charge < -0.3 is 15.2 Å². The highest BCUT2D eigenvalue weighted by Crippen LogP contribution is 2.21. The zero-order chi connectivity index (χ0) is 18.2. The summed E-state index contributed by atoms with van der Waals surface area (Å²) in [6.45, 7) is 2.49. The maximum Gasteiger partial charge on any atom is 0.306 e. The first-order valence-electron chi connectivity index (χ1n) is 7.89. The van der Waals surface area contributed by atoms with E-state index in [1.54, 1.807) is 36.4 Å². The molecule has 0 aliphatic carbocycles. The maximum absolute atomic E-state index is 11.7. The van der Waals surface area contributed by atoms with Gasteiger partial charge in [0.05, 0.1) is 6.61 Å². The molecule has 25 heavy (non-hydrogen) atoms. The van der Waals surface area contributed by atoms with Crippen molar-refractivity contribution in [2.45, 2.75) is 26.4 Å². The van der Waals surface area contributed by atoms with Crippen LogP contribution in [0.25, 0.3) is 0 Å². The number of hydrogen-bond donors (Lipinski definition) is 1. The Bertz CT molecular complexity index is 744. The third-order valence-electron chi connectivity index (χ3n) is 3.56. The van der Waals surface area contributed by atoms with Crippen LogP contribution in [0, 0.1) is 6.92 Å². The van der Waals surface area contributed by atoms with Gasteiger partial charge in [0.25, 0.3) is 0 Å². The molecule has 0 bridgehead atoms. The molecule has 0 aliphatic heterocycles. The number of primary amides is 1. The first-order valence-corrected chi connectivity index (χ1v) is 8.27. The van der Waals surface area contributed by atoms with Gasteiger partial charge in [-0.2, -0.15) is 0 Å². The minimum Gasteiger partial charge on any atom is -0.494 e. The number of hydrogen-bond acceptors (Lipinski definition) is 4. The Morgan fingerprint density at radius 3 is 2.48 bits per heavy atom. The van der Waals surface area contributed by atoms with Crippen molar-refractivity contribution in [2.24, 2.45) is 5.73 Å². The summed E-state index contributed by atoms with van der Waals surface area (Å²) < 4.78 is 10.8. The van der Waals surface area contributed by atoms with E-state index in [0.29, 0.717) is 23.6 Å². The lowest BCUT2D eigenvalue weighted by Gasteiger charge is -2.08. The zero-order valence-electron chi connectivity index (χ0n) is 14.0. The van der Waals surface area contributed by atoms with Gasteiger partial charge in [0.2, 0.25) is 5.91 Å². The summed E-state index contributed by atoms with van der Waals surface area (Å²) >= 11 is 5.95. The van der Waals surface area contributed by atoms with Crippen LogP contribution in [0.2, 0.25) is 5.02 Å². The predicted octanol–water partition coefficient (Wildman–Crippen LogP) is 3.65. The number of benzene rings is 2. The average molecular weight is 362 g/mol. The zero-order valence-corrected chi connectivity index (χ0v) is 14.7. The van der Waals surface area contributed by atoms with Gasteiger partial charge >= 0.3 is 5.97 Å². The summed E-state index contributed by atoms with van der Waals surface area (Å²) in [5.74, 6) is -0.0564. The number of carbonyl (C=O) groups is 2. The Kier molecular flexibility index (Phi) is 6.83. The van der Waals surface area contributed by atoms with Crippen LogP contribution in [0.15, 0.2) is 42.5 Å². The smallest absolute Gasteiger partial charge is 0.306 e. The van der Waals surface area contributed by atoms with Crippen molar-refractivity contribution in [3.8, 4) is 5.75 Å².